The molecule has 1 saturated carbocycles. The first-order valence-corrected chi connectivity index (χ1v) is 14.7. The summed E-state index contributed by atoms with van der Waals surface area (Å²) in [6.45, 7) is 6.67. The number of carbonyl (C=O) groups excluding carboxylic acids is 1. The first-order valence-electron chi connectivity index (χ1n) is 13.9. The first kappa shape index (κ1) is 24.8. The number of nitrogens with one attached hydrogen (secondary N) is 1. The number of amides is 1. The molecule has 0 radical (unpaired) electrons. The molecule has 6 nitrogen and oxygen atoms in total. The van der Waals surface area contributed by atoms with Gasteiger partial charge in [0, 0.05) is 36.2 Å². The van der Waals surface area contributed by atoms with Crippen molar-refractivity contribution < 1.29 is 14.3 Å². The van der Waals surface area contributed by atoms with E-state index in [0.717, 1.165) is 91.9 Å². The van der Waals surface area contributed by atoms with Gasteiger partial charge in [-0.25, -0.2) is 4.98 Å². The second kappa shape index (κ2) is 10.7. The van der Waals surface area contributed by atoms with Gasteiger partial charge in [-0.15, -0.1) is 11.3 Å². The quantitative estimate of drug-likeness (QED) is 0.450. The molecule has 1 atom stereocenters. The molecule has 3 aliphatic rings. The lowest BCUT2D eigenvalue weighted by molar-refractivity contribution is -0.122. The van der Waals surface area contributed by atoms with Gasteiger partial charge in [0.25, 0.3) is 0 Å². The number of morpholine rings is 1. The van der Waals surface area contributed by atoms with Crippen LogP contribution in [0.5, 0.6) is 5.75 Å². The van der Waals surface area contributed by atoms with Gasteiger partial charge in [0.05, 0.1) is 30.6 Å². The van der Waals surface area contributed by atoms with Crippen LogP contribution in [0, 0.1) is 0 Å². The average Bonchev–Trinajstić information content (AvgIpc) is 3.53. The summed E-state index contributed by atoms with van der Waals surface area (Å²) in [6, 6.07) is 12.1. The average molecular weight is 520 g/mol. The number of fused-ring (bicyclic) bond motifs is 3. The van der Waals surface area contributed by atoms with Crippen LogP contribution in [-0.4, -0.2) is 53.7 Å². The number of rotatable bonds is 7. The molecule has 1 amide bonds. The molecule has 1 aromatic carbocycles. The monoisotopic (exact) mass is 519 g/mol. The summed E-state index contributed by atoms with van der Waals surface area (Å²) in [4.78, 5) is 22.9. The van der Waals surface area contributed by atoms with E-state index in [1.165, 1.54) is 11.3 Å². The lowest BCUT2D eigenvalue weighted by Crippen LogP contribution is -2.55. The standard InChI is InChI=1S/C30H37N3O3S/c1-2-30(33-16-18-35-19-17-33)13-10-22(11-14-30)36-24-12-15-31-29-27(24)26-23(8-9-25(26)37-29)28(34)32-20-21-6-4-3-5-7-21/h3-7,12,15,22-23H,2,8-11,13-14,16-20H2,1H3,(H,32,34)/t22?,23-,30?/m0/s1. The molecule has 0 unspecified atom stereocenters. The van der Waals surface area contributed by atoms with E-state index in [9.17, 15) is 4.79 Å². The molecule has 1 aliphatic heterocycles. The summed E-state index contributed by atoms with van der Waals surface area (Å²) in [5.41, 5.74) is 2.55. The number of hydrogen-bond acceptors (Lipinski definition) is 6. The SMILES string of the molecule is CCC1(N2CCOCC2)CCC(Oc2ccnc3sc4c(c23)[C@@H](C(=O)NCc2ccccc2)CC4)CC1. The fourth-order valence-corrected chi connectivity index (χ4v) is 7.90. The summed E-state index contributed by atoms with van der Waals surface area (Å²) >= 11 is 1.73. The molecule has 1 saturated heterocycles. The van der Waals surface area contributed by atoms with Crippen LogP contribution in [-0.2, 0) is 22.5 Å². The Balaban J connectivity index is 1.18. The van der Waals surface area contributed by atoms with Gasteiger partial charge < -0.3 is 14.8 Å². The van der Waals surface area contributed by atoms with E-state index in [2.05, 4.69) is 22.1 Å². The van der Waals surface area contributed by atoms with Gasteiger partial charge in [-0.05, 0) is 62.1 Å². The highest BCUT2D eigenvalue weighted by Gasteiger charge is 2.40. The van der Waals surface area contributed by atoms with Crippen molar-refractivity contribution in [3.05, 3.63) is 58.6 Å². The van der Waals surface area contributed by atoms with Crippen LogP contribution in [0.1, 0.15) is 67.4 Å². The Kier molecular flexibility index (Phi) is 7.19. The highest BCUT2D eigenvalue weighted by atomic mass is 32.1. The van der Waals surface area contributed by atoms with Crippen LogP contribution in [0.4, 0.5) is 0 Å². The number of aryl methyl sites for hydroxylation is 1. The van der Waals surface area contributed by atoms with Crippen LogP contribution < -0.4 is 10.1 Å². The predicted octanol–water partition coefficient (Wildman–Crippen LogP) is 5.44. The summed E-state index contributed by atoms with van der Waals surface area (Å²) in [5.74, 6) is 0.873. The minimum atomic E-state index is -0.139. The number of nitrogens with zero attached hydrogens (tertiary/aromatic N) is 2. The van der Waals surface area contributed by atoms with Crippen LogP contribution >= 0.6 is 11.3 Å². The largest absolute Gasteiger partial charge is 0.490 e. The Labute approximate surface area is 223 Å². The van der Waals surface area contributed by atoms with Crippen LogP contribution in [0.25, 0.3) is 10.2 Å². The molecule has 37 heavy (non-hydrogen) atoms. The van der Waals surface area contributed by atoms with Crippen LogP contribution in [0.15, 0.2) is 42.6 Å². The number of carbonyl (C=O) groups is 1. The van der Waals surface area contributed by atoms with Crippen molar-refractivity contribution in [3.63, 3.8) is 0 Å². The summed E-state index contributed by atoms with van der Waals surface area (Å²) < 4.78 is 12.3. The lowest BCUT2D eigenvalue weighted by Gasteiger charge is -2.49. The molecule has 2 fully saturated rings. The maximum absolute atomic E-state index is 13.3. The Hall–Kier alpha value is -2.48. The molecule has 1 N–H and O–H groups in total. The Morgan fingerprint density at radius 1 is 1.16 bits per heavy atom. The van der Waals surface area contributed by atoms with E-state index in [0.29, 0.717) is 6.54 Å². The number of aromatic nitrogens is 1. The third kappa shape index (κ3) is 4.89. The molecule has 2 aliphatic carbocycles. The van der Waals surface area contributed by atoms with Crippen molar-refractivity contribution in [1.29, 1.82) is 0 Å². The van der Waals surface area contributed by atoms with Crippen molar-refractivity contribution in [1.82, 2.24) is 15.2 Å². The van der Waals surface area contributed by atoms with E-state index in [4.69, 9.17) is 9.47 Å². The molecule has 6 rings (SSSR count). The topological polar surface area (TPSA) is 63.7 Å². The van der Waals surface area contributed by atoms with Gasteiger partial charge in [-0.2, -0.15) is 0 Å². The highest BCUT2D eigenvalue weighted by Crippen LogP contribution is 2.47. The highest BCUT2D eigenvalue weighted by molar-refractivity contribution is 7.19. The molecule has 3 heterocycles. The molecule has 0 spiro atoms. The Morgan fingerprint density at radius 2 is 1.95 bits per heavy atom. The molecule has 7 heteroatoms. The van der Waals surface area contributed by atoms with Crippen molar-refractivity contribution in [2.24, 2.45) is 0 Å². The lowest BCUT2D eigenvalue weighted by atomic mass is 9.77. The first-order chi connectivity index (χ1) is 18.2. The van der Waals surface area contributed by atoms with E-state index in [-0.39, 0.29) is 23.5 Å². The van der Waals surface area contributed by atoms with Gasteiger partial charge in [-0.1, -0.05) is 37.3 Å². The zero-order valence-corrected chi connectivity index (χ0v) is 22.5. The van der Waals surface area contributed by atoms with Crippen LogP contribution in [0.2, 0.25) is 0 Å². The Morgan fingerprint density at radius 3 is 2.70 bits per heavy atom. The normalized spacial score (nSPS) is 26.2. The van der Waals surface area contributed by atoms with Crippen molar-refractivity contribution in [3.8, 4) is 5.75 Å². The van der Waals surface area contributed by atoms with E-state index < -0.39 is 0 Å². The minimum Gasteiger partial charge on any atom is -0.490 e. The summed E-state index contributed by atoms with van der Waals surface area (Å²) in [7, 11) is 0. The molecular formula is C30H37N3O3S. The minimum absolute atomic E-state index is 0.105. The fourth-order valence-electron chi connectivity index (χ4n) is 6.66. The summed E-state index contributed by atoms with van der Waals surface area (Å²) in [6.07, 6.45) is 9.47. The van der Waals surface area contributed by atoms with E-state index in [1.54, 1.807) is 11.3 Å². The Bertz CT molecular complexity index is 1230. The van der Waals surface area contributed by atoms with E-state index in [1.807, 2.05) is 42.6 Å². The van der Waals surface area contributed by atoms with Gasteiger partial charge in [0.15, 0.2) is 0 Å². The van der Waals surface area contributed by atoms with Gasteiger partial charge in [0.1, 0.15) is 10.6 Å². The second-order valence-corrected chi connectivity index (χ2v) is 11.8. The van der Waals surface area contributed by atoms with Crippen molar-refractivity contribution in [2.45, 2.75) is 76.0 Å². The number of thiophene rings is 1. The van der Waals surface area contributed by atoms with Gasteiger partial charge in [0.2, 0.25) is 5.91 Å². The smallest absolute Gasteiger partial charge is 0.227 e. The van der Waals surface area contributed by atoms with Crippen LogP contribution in [0.3, 0.4) is 0 Å². The summed E-state index contributed by atoms with van der Waals surface area (Å²) in [5, 5.41) is 4.24. The number of benzene rings is 1. The van der Waals surface area contributed by atoms with Crippen molar-refractivity contribution in [2.75, 3.05) is 26.3 Å². The maximum Gasteiger partial charge on any atom is 0.227 e. The van der Waals surface area contributed by atoms with Crippen molar-refractivity contribution >= 4 is 27.5 Å². The second-order valence-electron chi connectivity index (χ2n) is 10.7. The third-order valence-electron chi connectivity index (χ3n) is 8.80. The molecular weight excluding hydrogens is 482 g/mol. The number of pyridine rings is 1. The fraction of sp³-hybridized carbons (Fsp3) is 0.533. The maximum atomic E-state index is 13.3. The zero-order chi connectivity index (χ0) is 25.2. The van der Waals surface area contributed by atoms with Gasteiger partial charge >= 0.3 is 0 Å². The molecule has 3 aromatic rings. The molecule has 0 bridgehead atoms. The predicted molar refractivity (Wildman–Crippen MR) is 147 cm³/mol. The number of hydrogen-bond donors (Lipinski definition) is 1. The number of ether oxygens (including phenoxy) is 2. The molecule has 196 valence electrons. The molecule has 2 aromatic heterocycles. The van der Waals surface area contributed by atoms with E-state index >= 15 is 0 Å². The van der Waals surface area contributed by atoms with Gasteiger partial charge in [-0.3, -0.25) is 9.69 Å². The third-order valence-corrected chi connectivity index (χ3v) is 9.97. The zero-order valence-electron chi connectivity index (χ0n) is 21.7.